The first kappa shape index (κ1) is 17.4. The molecule has 3 aromatic rings. The Morgan fingerprint density at radius 1 is 0.926 bits per heavy atom. The van der Waals surface area contributed by atoms with Crippen molar-refractivity contribution in [2.24, 2.45) is 0 Å². The van der Waals surface area contributed by atoms with E-state index < -0.39 is 10.0 Å². The third kappa shape index (κ3) is 3.90. The van der Waals surface area contributed by atoms with E-state index in [4.69, 9.17) is 0 Å². The molecule has 0 saturated carbocycles. The number of sulfonamides is 1. The Hall–Kier alpha value is -2.99. The summed E-state index contributed by atoms with van der Waals surface area (Å²) in [4.78, 5) is 8.54. The van der Waals surface area contributed by atoms with Crippen molar-refractivity contribution in [3.8, 4) is 0 Å². The Morgan fingerprint density at radius 2 is 1.52 bits per heavy atom. The quantitative estimate of drug-likeness (QED) is 0.758. The van der Waals surface area contributed by atoms with E-state index in [1.165, 1.54) is 28.5 Å². The minimum atomic E-state index is -3.40. The zero-order valence-corrected chi connectivity index (χ0v) is 15.7. The number of nitrogens with zero attached hydrogens (tertiary/aromatic N) is 2. The third-order valence-corrected chi connectivity index (χ3v) is 5.09. The minimum absolute atomic E-state index is 0.210. The van der Waals surface area contributed by atoms with Gasteiger partial charge in [-0.05, 0) is 46.7 Å². The molecule has 0 aliphatic heterocycles. The second kappa shape index (κ2) is 6.96. The van der Waals surface area contributed by atoms with E-state index in [0.717, 1.165) is 24.7 Å². The lowest BCUT2D eigenvalue weighted by atomic mass is 9.93. The van der Waals surface area contributed by atoms with Crippen LogP contribution in [0, 0.1) is 0 Å². The highest BCUT2D eigenvalue weighted by atomic mass is 32.2. The van der Waals surface area contributed by atoms with Crippen LogP contribution in [0.1, 0.15) is 27.9 Å². The summed E-state index contributed by atoms with van der Waals surface area (Å²) in [6, 6.07) is 16.7. The maximum atomic E-state index is 11.5. The number of benzene rings is 2. The first-order valence-corrected chi connectivity index (χ1v) is 10.6. The van der Waals surface area contributed by atoms with Crippen molar-refractivity contribution in [1.29, 1.82) is 0 Å². The minimum Gasteiger partial charge on any atom is -0.266 e. The molecule has 2 aromatic carbocycles. The van der Waals surface area contributed by atoms with E-state index in [0.29, 0.717) is 5.69 Å². The SMILES string of the molecule is CS(=O)(=O)Nc1cncc(C=C2c3ccccc3CCc3ccccc32)n1. The molecule has 0 amide bonds. The Morgan fingerprint density at radius 3 is 2.11 bits per heavy atom. The Balaban J connectivity index is 1.87. The normalized spacial score (nSPS) is 13.3. The average Bonchev–Trinajstić information content (AvgIpc) is 2.79. The van der Waals surface area contributed by atoms with E-state index in [9.17, 15) is 8.42 Å². The number of anilines is 1. The van der Waals surface area contributed by atoms with Crippen molar-refractivity contribution in [3.05, 3.63) is 88.9 Å². The van der Waals surface area contributed by atoms with Gasteiger partial charge in [-0.3, -0.25) is 9.71 Å². The summed E-state index contributed by atoms with van der Waals surface area (Å²) in [5.41, 5.74) is 6.60. The van der Waals surface area contributed by atoms with Gasteiger partial charge in [0.2, 0.25) is 10.0 Å². The monoisotopic (exact) mass is 377 g/mol. The van der Waals surface area contributed by atoms with Gasteiger partial charge in [0.1, 0.15) is 0 Å². The molecule has 0 unspecified atom stereocenters. The van der Waals surface area contributed by atoms with E-state index >= 15 is 0 Å². The van der Waals surface area contributed by atoms with Gasteiger partial charge in [0.15, 0.2) is 5.82 Å². The molecule has 1 aromatic heterocycles. The number of aryl methyl sites for hydroxylation is 2. The summed E-state index contributed by atoms with van der Waals surface area (Å²) in [6.07, 6.45) is 8.06. The van der Waals surface area contributed by atoms with Gasteiger partial charge in [-0.15, -0.1) is 0 Å². The number of fused-ring (bicyclic) bond motifs is 2. The molecule has 6 heteroatoms. The molecule has 1 aliphatic rings. The lowest BCUT2D eigenvalue weighted by Gasteiger charge is -2.12. The van der Waals surface area contributed by atoms with Crippen LogP contribution in [-0.4, -0.2) is 24.6 Å². The molecule has 0 saturated heterocycles. The van der Waals surface area contributed by atoms with E-state index in [1.807, 2.05) is 18.2 Å². The third-order valence-electron chi connectivity index (χ3n) is 4.51. The predicted octanol–water partition coefficient (Wildman–Crippen LogP) is 3.54. The van der Waals surface area contributed by atoms with Crippen LogP contribution in [0.5, 0.6) is 0 Å². The van der Waals surface area contributed by atoms with Crippen molar-refractivity contribution in [1.82, 2.24) is 9.97 Å². The molecule has 0 spiro atoms. The predicted molar refractivity (Wildman–Crippen MR) is 108 cm³/mol. The Bertz CT molecular complexity index is 1090. The van der Waals surface area contributed by atoms with Gasteiger partial charge in [0.25, 0.3) is 0 Å². The van der Waals surface area contributed by atoms with Crippen molar-refractivity contribution in [3.63, 3.8) is 0 Å². The topological polar surface area (TPSA) is 72.0 Å². The standard InChI is InChI=1S/C21H19N3O2S/c1-27(25,26)24-21-14-22-13-17(23-21)12-20-18-8-4-2-6-15(18)10-11-16-7-3-5-9-19(16)20/h2-9,12-14H,10-11H2,1H3,(H,23,24). The summed E-state index contributed by atoms with van der Waals surface area (Å²) in [5, 5.41) is 0. The molecule has 5 nitrogen and oxygen atoms in total. The van der Waals surface area contributed by atoms with Crippen LogP contribution in [0.2, 0.25) is 0 Å². The second-order valence-corrected chi connectivity index (χ2v) is 8.32. The van der Waals surface area contributed by atoms with Crippen LogP contribution in [0.3, 0.4) is 0 Å². The molecular formula is C21H19N3O2S. The zero-order chi connectivity index (χ0) is 18.9. The summed E-state index contributed by atoms with van der Waals surface area (Å²) < 4.78 is 25.3. The second-order valence-electron chi connectivity index (χ2n) is 6.58. The first-order valence-electron chi connectivity index (χ1n) is 8.68. The van der Waals surface area contributed by atoms with Crippen LogP contribution in [0.25, 0.3) is 11.6 Å². The molecule has 27 heavy (non-hydrogen) atoms. The number of aromatic nitrogens is 2. The highest BCUT2D eigenvalue weighted by Crippen LogP contribution is 2.34. The molecule has 1 N–H and O–H groups in total. The van der Waals surface area contributed by atoms with E-state index in [-0.39, 0.29) is 5.82 Å². The Labute approximate surface area is 158 Å². The van der Waals surface area contributed by atoms with Gasteiger partial charge in [-0.2, -0.15) is 0 Å². The van der Waals surface area contributed by atoms with Gasteiger partial charge in [0.05, 0.1) is 24.3 Å². The number of rotatable bonds is 3. The largest absolute Gasteiger partial charge is 0.266 e. The van der Waals surface area contributed by atoms with Crippen molar-refractivity contribution in [2.75, 3.05) is 11.0 Å². The molecule has 0 fully saturated rings. The molecule has 1 aliphatic carbocycles. The lowest BCUT2D eigenvalue weighted by molar-refractivity contribution is 0.606. The first-order chi connectivity index (χ1) is 13.0. The highest BCUT2D eigenvalue weighted by molar-refractivity contribution is 7.92. The van der Waals surface area contributed by atoms with Crippen molar-refractivity contribution in [2.45, 2.75) is 12.8 Å². The van der Waals surface area contributed by atoms with Crippen molar-refractivity contribution >= 4 is 27.5 Å². The van der Waals surface area contributed by atoms with Crippen LogP contribution in [0.15, 0.2) is 60.9 Å². The molecular weight excluding hydrogens is 358 g/mol. The summed E-state index contributed by atoms with van der Waals surface area (Å²) in [7, 11) is -3.40. The van der Waals surface area contributed by atoms with E-state index in [2.05, 4.69) is 51.1 Å². The number of hydrogen-bond acceptors (Lipinski definition) is 4. The van der Waals surface area contributed by atoms with Gasteiger partial charge >= 0.3 is 0 Å². The van der Waals surface area contributed by atoms with Crippen LogP contribution < -0.4 is 4.72 Å². The molecule has 0 atom stereocenters. The maximum Gasteiger partial charge on any atom is 0.231 e. The summed E-state index contributed by atoms with van der Waals surface area (Å²) in [5.74, 6) is 0.210. The highest BCUT2D eigenvalue weighted by Gasteiger charge is 2.17. The van der Waals surface area contributed by atoms with Gasteiger partial charge in [-0.25, -0.2) is 13.4 Å². The number of hydrogen-bond donors (Lipinski definition) is 1. The van der Waals surface area contributed by atoms with Crippen LogP contribution in [0.4, 0.5) is 5.82 Å². The fourth-order valence-electron chi connectivity index (χ4n) is 3.41. The fraction of sp³-hybridized carbons (Fsp3) is 0.143. The lowest BCUT2D eigenvalue weighted by Crippen LogP contribution is -2.11. The fourth-order valence-corrected chi connectivity index (χ4v) is 3.89. The van der Waals surface area contributed by atoms with Crippen LogP contribution in [-0.2, 0) is 22.9 Å². The molecule has 0 radical (unpaired) electrons. The molecule has 1 heterocycles. The van der Waals surface area contributed by atoms with E-state index in [1.54, 1.807) is 6.20 Å². The average molecular weight is 377 g/mol. The molecule has 136 valence electrons. The maximum absolute atomic E-state index is 11.5. The summed E-state index contributed by atoms with van der Waals surface area (Å²) in [6.45, 7) is 0. The zero-order valence-electron chi connectivity index (χ0n) is 14.9. The number of nitrogens with one attached hydrogen (secondary N) is 1. The smallest absolute Gasteiger partial charge is 0.231 e. The summed E-state index contributed by atoms with van der Waals surface area (Å²) >= 11 is 0. The van der Waals surface area contributed by atoms with Crippen LogP contribution >= 0.6 is 0 Å². The van der Waals surface area contributed by atoms with Crippen molar-refractivity contribution < 1.29 is 8.42 Å². The molecule has 0 bridgehead atoms. The molecule has 4 rings (SSSR count). The van der Waals surface area contributed by atoms with Gasteiger partial charge in [0, 0.05) is 0 Å². The van der Waals surface area contributed by atoms with Gasteiger partial charge in [-0.1, -0.05) is 48.5 Å². The van der Waals surface area contributed by atoms with Gasteiger partial charge < -0.3 is 0 Å². The Kier molecular flexibility index (Phi) is 4.49.